The number of carbonyl (C=O) groups is 1. The summed E-state index contributed by atoms with van der Waals surface area (Å²) in [5.41, 5.74) is 0.613. The van der Waals surface area contributed by atoms with E-state index in [0.29, 0.717) is 18.5 Å². The zero-order valence-corrected chi connectivity index (χ0v) is 8.81. The first-order valence-corrected chi connectivity index (χ1v) is 5.06. The van der Waals surface area contributed by atoms with Crippen LogP contribution in [0.25, 0.3) is 0 Å². The number of nitrogens with one attached hydrogen (secondary N) is 1. The van der Waals surface area contributed by atoms with Gasteiger partial charge < -0.3 is 10.4 Å². The van der Waals surface area contributed by atoms with Gasteiger partial charge in [0, 0.05) is 24.5 Å². The van der Waals surface area contributed by atoms with Crippen molar-refractivity contribution in [2.75, 3.05) is 6.54 Å². The molecule has 0 aliphatic heterocycles. The molecule has 1 amide bonds. The molecule has 0 spiro atoms. The fourth-order valence-corrected chi connectivity index (χ4v) is 1.20. The van der Waals surface area contributed by atoms with Crippen molar-refractivity contribution < 1.29 is 9.90 Å². The molecule has 0 aliphatic rings. The van der Waals surface area contributed by atoms with Crippen LogP contribution in [-0.4, -0.2) is 28.6 Å². The molecule has 0 aromatic carbocycles. The molecular formula is C11H16N2O2. The first-order valence-electron chi connectivity index (χ1n) is 5.06. The third kappa shape index (κ3) is 4.56. The quantitative estimate of drug-likeness (QED) is 0.709. The van der Waals surface area contributed by atoms with Gasteiger partial charge in [0.15, 0.2) is 0 Å². The van der Waals surface area contributed by atoms with Crippen LogP contribution in [0.2, 0.25) is 0 Å². The summed E-state index contributed by atoms with van der Waals surface area (Å²) in [5, 5.41) is 11.8. The smallest absolute Gasteiger partial charge is 0.251 e. The van der Waals surface area contributed by atoms with E-state index >= 15 is 0 Å². The number of hydrogen-bond acceptors (Lipinski definition) is 3. The molecule has 0 bridgehead atoms. The summed E-state index contributed by atoms with van der Waals surface area (Å²) >= 11 is 0. The maximum absolute atomic E-state index is 11.5. The average molecular weight is 208 g/mol. The van der Waals surface area contributed by atoms with E-state index in [1.54, 1.807) is 31.5 Å². The van der Waals surface area contributed by atoms with Crippen LogP contribution in [-0.2, 0) is 0 Å². The molecular weight excluding hydrogens is 192 g/mol. The number of pyridine rings is 1. The monoisotopic (exact) mass is 208 g/mol. The summed E-state index contributed by atoms with van der Waals surface area (Å²) in [4.78, 5) is 15.3. The Morgan fingerprint density at radius 2 is 2.20 bits per heavy atom. The molecule has 0 radical (unpaired) electrons. The van der Waals surface area contributed by atoms with Crippen molar-refractivity contribution in [3.8, 4) is 0 Å². The van der Waals surface area contributed by atoms with Crippen molar-refractivity contribution in [3.05, 3.63) is 30.1 Å². The Morgan fingerprint density at radius 1 is 1.53 bits per heavy atom. The van der Waals surface area contributed by atoms with Crippen LogP contribution < -0.4 is 5.32 Å². The van der Waals surface area contributed by atoms with Gasteiger partial charge in [-0.15, -0.1) is 0 Å². The highest BCUT2D eigenvalue weighted by atomic mass is 16.3. The van der Waals surface area contributed by atoms with Crippen molar-refractivity contribution in [1.29, 1.82) is 0 Å². The molecule has 82 valence electrons. The van der Waals surface area contributed by atoms with E-state index in [-0.39, 0.29) is 12.0 Å². The molecule has 1 atom stereocenters. The Bertz CT molecular complexity index is 299. The molecule has 0 saturated carbocycles. The Kier molecular flexibility index (Phi) is 4.77. The number of aliphatic hydroxyl groups excluding tert-OH is 1. The van der Waals surface area contributed by atoms with Crippen LogP contribution in [0, 0.1) is 0 Å². The number of carbonyl (C=O) groups excluding carboxylic acids is 1. The van der Waals surface area contributed by atoms with Gasteiger partial charge in [-0.3, -0.25) is 9.78 Å². The van der Waals surface area contributed by atoms with Gasteiger partial charge in [-0.25, -0.2) is 0 Å². The van der Waals surface area contributed by atoms with Crippen LogP contribution in [0.3, 0.4) is 0 Å². The fourth-order valence-electron chi connectivity index (χ4n) is 1.20. The lowest BCUT2D eigenvalue weighted by Gasteiger charge is -2.06. The van der Waals surface area contributed by atoms with E-state index in [2.05, 4.69) is 10.3 Å². The molecule has 1 rings (SSSR count). The SMILES string of the molecule is CC(O)CCCNC(=O)c1ccncc1. The summed E-state index contributed by atoms with van der Waals surface area (Å²) in [6, 6.07) is 3.34. The van der Waals surface area contributed by atoms with Gasteiger partial charge in [0.05, 0.1) is 6.10 Å². The molecule has 2 N–H and O–H groups in total. The summed E-state index contributed by atoms with van der Waals surface area (Å²) in [6.07, 6.45) is 4.36. The second-order valence-electron chi connectivity index (χ2n) is 3.48. The number of aromatic nitrogens is 1. The van der Waals surface area contributed by atoms with Crippen molar-refractivity contribution in [1.82, 2.24) is 10.3 Å². The van der Waals surface area contributed by atoms with E-state index in [0.717, 1.165) is 6.42 Å². The summed E-state index contributed by atoms with van der Waals surface area (Å²) < 4.78 is 0. The lowest BCUT2D eigenvalue weighted by molar-refractivity contribution is 0.0949. The van der Waals surface area contributed by atoms with Crippen molar-refractivity contribution in [2.45, 2.75) is 25.9 Å². The molecule has 1 heterocycles. The van der Waals surface area contributed by atoms with Gasteiger partial charge in [0.25, 0.3) is 5.91 Å². The minimum atomic E-state index is -0.303. The topological polar surface area (TPSA) is 62.2 Å². The minimum absolute atomic E-state index is 0.0945. The van der Waals surface area contributed by atoms with E-state index in [4.69, 9.17) is 5.11 Å². The first-order chi connectivity index (χ1) is 7.20. The second kappa shape index (κ2) is 6.14. The van der Waals surface area contributed by atoms with Crippen molar-refractivity contribution in [3.63, 3.8) is 0 Å². The molecule has 1 aromatic rings. The Labute approximate surface area is 89.3 Å². The van der Waals surface area contributed by atoms with E-state index < -0.39 is 0 Å². The maximum Gasteiger partial charge on any atom is 0.251 e. The van der Waals surface area contributed by atoms with Gasteiger partial charge in [0.1, 0.15) is 0 Å². The third-order valence-corrected chi connectivity index (χ3v) is 2.03. The van der Waals surface area contributed by atoms with E-state index in [9.17, 15) is 4.79 Å². The normalized spacial score (nSPS) is 12.1. The van der Waals surface area contributed by atoms with Crippen molar-refractivity contribution in [2.24, 2.45) is 0 Å². The van der Waals surface area contributed by atoms with Gasteiger partial charge in [0.2, 0.25) is 0 Å². The molecule has 1 aromatic heterocycles. The Balaban J connectivity index is 2.25. The number of hydrogen-bond donors (Lipinski definition) is 2. The number of rotatable bonds is 5. The zero-order chi connectivity index (χ0) is 11.1. The summed E-state index contributed by atoms with van der Waals surface area (Å²) in [7, 11) is 0. The molecule has 1 unspecified atom stereocenters. The predicted molar refractivity (Wildman–Crippen MR) is 57.5 cm³/mol. The average Bonchev–Trinajstić information content (AvgIpc) is 2.25. The standard InChI is InChI=1S/C11H16N2O2/c1-9(14)3-2-6-13-11(15)10-4-7-12-8-5-10/h4-5,7-9,14H,2-3,6H2,1H3,(H,13,15). The second-order valence-corrected chi connectivity index (χ2v) is 3.48. The molecule has 0 saturated heterocycles. The number of amides is 1. The van der Waals surface area contributed by atoms with Crippen LogP contribution >= 0.6 is 0 Å². The van der Waals surface area contributed by atoms with Crippen LogP contribution in [0.15, 0.2) is 24.5 Å². The summed E-state index contributed by atoms with van der Waals surface area (Å²) in [6.45, 7) is 2.33. The summed E-state index contributed by atoms with van der Waals surface area (Å²) in [5.74, 6) is -0.0945. The van der Waals surface area contributed by atoms with Gasteiger partial charge in [-0.1, -0.05) is 0 Å². The van der Waals surface area contributed by atoms with E-state index in [1.807, 2.05) is 0 Å². The Morgan fingerprint density at radius 3 is 2.80 bits per heavy atom. The lowest BCUT2D eigenvalue weighted by Crippen LogP contribution is -2.24. The first kappa shape index (κ1) is 11.7. The number of aliphatic hydroxyl groups is 1. The maximum atomic E-state index is 11.5. The van der Waals surface area contributed by atoms with Gasteiger partial charge >= 0.3 is 0 Å². The highest BCUT2D eigenvalue weighted by molar-refractivity contribution is 5.93. The Hall–Kier alpha value is -1.42. The lowest BCUT2D eigenvalue weighted by atomic mass is 10.2. The van der Waals surface area contributed by atoms with E-state index in [1.165, 1.54) is 0 Å². The van der Waals surface area contributed by atoms with Crippen LogP contribution in [0.4, 0.5) is 0 Å². The molecule has 0 aliphatic carbocycles. The highest BCUT2D eigenvalue weighted by Crippen LogP contribution is 1.97. The predicted octanol–water partition coefficient (Wildman–Crippen LogP) is 0.972. The van der Waals surface area contributed by atoms with Gasteiger partial charge in [-0.05, 0) is 31.9 Å². The number of nitrogens with zero attached hydrogens (tertiary/aromatic N) is 1. The minimum Gasteiger partial charge on any atom is -0.393 e. The molecule has 0 fully saturated rings. The van der Waals surface area contributed by atoms with Crippen molar-refractivity contribution >= 4 is 5.91 Å². The molecule has 4 heteroatoms. The molecule has 4 nitrogen and oxygen atoms in total. The van der Waals surface area contributed by atoms with Crippen LogP contribution in [0.5, 0.6) is 0 Å². The highest BCUT2D eigenvalue weighted by Gasteiger charge is 2.03. The van der Waals surface area contributed by atoms with Crippen LogP contribution in [0.1, 0.15) is 30.1 Å². The zero-order valence-electron chi connectivity index (χ0n) is 8.81. The third-order valence-electron chi connectivity index (χ3n) is 2.03. The fraction of sp³-hybridized carbons (Fsp3) is 0.455. The van der Waals surface area contributed by atoms with Gasteiger partial charge in [-0.2, -0.15) is 0 Å². The largest absolute Gasteiger partial charge is 0.393 e. The molecule has 15 heavy (non-hydrogen) atoms.